The number of carbonyl (C=O) groups excluding carboxylic acids is 1. The highest BCUT2D eigenvalue weighted by molar-refractivity contribution is 6.11. The summed E-state index contributed by atoms with van der Waals surface area (Å²) in [6, 6.07) is 13.6. The van der Waals surface area contributed by atoms with Crippen molar-refractivity contribution < 1.29 is 23.0 Å². The van der Waals surface area contributed by atoms with Crippen LogP contribution in [0.25, 0.3) is 22.0 Å². The number of rotatable bonds is 6. The van der Waals surface area contributed by atoms with Crippen LogP contribution in [0.1, 0.15) is 30.8 Å². The fourth-order valence-electron chi connectivity index (χ4n) is 5.31. The molecule has 0 unspecified atom stereocenters. The number of carbonyl (C=O) groups is 1. The van der Waals surface area contributed by atoms with Crippen molar-refractivity contribution >= 4 is 28.2 Å². The molecule has 5 rings (SSSR count). The topological polar surface area (TPSA) is 79.5 Å². The van der Waals surface area contributed by atoms with E-state index < -0.39 is 17.5 Å². The average Bonchev–Trinajstić information content (AvgIpc) is 3.32. The molecule has 1 amide bonds. The fraction of sp³-hybridized carbons (Fsp3) is 0.310. The molecule has 2 heterocycles. The quantitative estimate of drug-likeness (QED) is 0.314. The maximum Gasteiger partial charge on any atom is 0.276 e. The number of nitrogens with zero attached hydrogens (tertiary/aromatic N) is 2. The Morgan fingerprint density at radius 2 is 1.61 bits per heavy atom. The van der Waals surface area contributed by atoms with Crippen LogP contribution in [-0.2, 0) is 0 Å². The largest absolute Gasteiger partial charge is 0.494 e. The van der Waals surface area contributed by atoms with Crippen LogP contribution in [0.5, 0.6) is 11.5 Å². The number of halogens is 2. The number of H-pyrrole nitrogens is 1. The molecule has 1 saturated heterocycles. The van der Waals surface area contributed by atoms with Crippen molar-refractivity contribution in [3.63, 3.8) is 0 Å². The molecule has 2 atom stereocenters. The first-order chi connectivity index (χ1) is 18.3. The fourth-order valence-corrected chi connectivity index (χ4v) is 5.31. The predicted molar refractivity (Wildman–Crippen MR) is 144 cm³/mol. The van der Waals surface area contributed by atoms with Crippen molar-refractivity contribution in [3.8, 4) is 22.6 Å². The summed E-state index contributed by atoms with van der Waals surface area (Å²) < 4.78 is 40.0. The second kappa shape index (κ2) is 10.3. The zero-order chi connectivity index (χ0) is 27.0. The molecule has 0 spiro atoms. The van der Waals surface area contributed by atoms with Crippen LogP contribution in [0.4, 0.5) is 20.2 Å². The number of amides is 1. The highest BCUT2D eigenvalue weighted by Gasteiger charge is 2.24. The summed E-state index contributed by atoms with van der Waals surface area (Å²) in [6.45, 7) is 6.59. The van der Waals surface area contributed by atoms with Crippen molar-refractivity contribution in [2.45, 2.75) is 20.3 Å². The standard InChI is InChI=1S/C29H30F2N4O3/c1-16-11-17(2)15-35(14-16)20-8-6-19(7-9-20)32-29(36)28-21-10-5-18(12-22(21)33-34-28)25-26(30)23(37-3)13-24(38-4)27(25)31/h5-10,12-13,16-17H,11,14-15H2,1-4H3,(H,32,36)(H,33,34)/t16-,17+. The van der Waals surface area contributed by atoms with E-state index in [0.717, 1.165) is 24.8 Å². The van der Waals surface area contributed by atoms with E-state index in [1.807, 2.05) is 24.3 Å². The molecule has 0 bridgehead atoms. The van der Waals surface area contributed by atoms with Gasteiger partial charge in [0.1, 0.15) is 0 Å². The maximum atomic E-state index is 15.0. The van der Waals surface area contributed by atoms with Crippen LogP contribution >= 0.6 is 0 Å². The molecule has 1 aliphatic rings. The van der Waals surface area contributed by atoms with Gasteiger partial charge in [0.15, 0.2) is 28.8 Å². The van der Waals surface area contributed by atoms with Gasteiger partial charge in [-0.3, -0.25) is 9.89 Å². The molecule has 38 heavy (non-hydrogen) atoms. The van der Waals surface area contributed by atoms with E-state index in [9.17, 15) is 13.6 Å². The number of hydrogen-bond donors (Lipinski definition) is 2. The normalized spacial score (nSPS) is 17.5. The number of hydrogen-bond acceptors (Lipinski definition) is 5. The van der Waals surface area contributed by atoms with Crippen LogP contribution in [0.3, 0.4) is 0 Å². The monoisotopic (exact) mass is 520 g/mol. The lowest BCUT2D eigenvalue weighted by atomic mass is 9.91. The van der Waals surface area contributed by atoms with E-state index in [-0.39, 0.29) is 28.3 Å². The Kier molecular flexibility index (Phi) is 6.93. The first-order valence-electron chi connectivity index (χ1n) is 12.5. The second-order valence-corrected chi connectivity index (χ2v) is 9.97. The summed E-state index contributed by atoms with van der Waals surface area (Å²) in [6.07, 6.45) is 1.24. The summed E-state index contributed by atoms with van der Waals surface area (Å²) in [5.41, 5.74) is 2.37. The summed E-state index contributed by atoms with van der Waals surface area (Å²) in [5.74, 6) is -1.08. The number of benzene rings is 3. The average molecular weight is 521 g/mol. The Morgan fingerprint density at radius 3 is 2.21 bits per heavy atom. The third-order valence-corrected chi connectivity index (χ3v) is 7.00. The molecule has 3 aromatic carbocycles. The molecule has 1 fully saturated rings. The minimum Gasteiger partial charge on any atom is -0.494 e. The van der Waals surface area contributed by atoms with Gasteiger partial charge in [0.25, 0.3) is 5.91 Å². The van der Waals surface area contributed by atoms with Crippen molar-refractivity contribution in [2.24, 2.45) is 11.8 Å². The second-order valence-electron chi connectivity index (χ2n) is 9.97. The highest BCUT2D eigenvalue weighted by atomic mass is 19.1. The lowest BCUT2D eigenvalue weighted by Crippen LogP contribution is -2.38. The maximum absolute atomic E-state index is 15.0. The van der Waals surface area contributed by atoms with E-state index in [2.05, 4.69) is 34.3 Å². The third-order valence-electron chi connectivity index (χ3n) is 7.00. The van der Waals surface area contributed by atoms with Gasteiger partial charge in [-0.1, -0.05) is 19.9 Å². The lowest BCUT2D eigenvalue weighted by molar-refractivity contribution is 0.102. The zero-order valence-corrected chi connectivity index (χ0v) is 21.8. The van der Waals surface area contributed by atoms with Crippen molar-refractivity contribution in [1.29, 1.82) is 0 Å². The Balaban J connectivity index is 1.37. The Labute approximate surface area is 219 Å². The van der Waals surface area contributed by atoms with E-state index in [1.54, 1.807) is 6.07 Å². The Morgan fingerprint density at radius 1 is 0.974 bits per heavy atom. The van der Waals surface area contributed by atoms with Crippen LogP contribution in [-0.4, -0.2) is 43.4 Å². The van der Waals surface area contributed by atoms with Crippen molar-refractivity contribution in [3.05, 3.63) is 65.9 Å². The Bertz CT molecular complexity index is 1450. The first-order valence-corrected chi connectivity index (χ1v) is 12.5. The summed E-state index contributed by atoms with van der Waals surface area (Å²) in [5, 5.41) is 10.4. The number of fused-ring (bicyclic) bond motifs is 1. The van der Waals surface area contributed by atoms with E-state index in [0.29, 0.717) is 28.4 Å². The zero-order valence-electron chi connectivity index (χ0n) is 21.8. The predicted octanol–water partition coefficient (Wildman–Crippen LogP) is 6.26. The first kappa shape index (κ1) is 25.5. The molecule has 7 nitrogen and oxygen atoms in total. The SMILES string of the molecule is COc1cc(OC)c(F)c(-c2ccc3c(C(=O)Nc4ccc(N5C[C@H](C)C[C@H](C)C5)cc4)n[nH]c3c2)c1F. The molecule has 9 heteroatoms. The number of aromatic amines is 1. The molecule has 198 valence electrons. The molecule has 0 saturated carbocycles. The van der Waals surface area contributed by atoms with Gasteiger partial charge in [0.2, 0.25) is 0 Å². The molecule has 1 aromatic heterocycles. The third kappa shape index (κ3) is 4.76. The van der Waals surface area contributed by atoms with Gasteiger partial charge in [-0.25, -0.2) is 8.78 Å². The molecule has 1 aliphatic heterocycles. The van der Waals surface area contributed by atoms with Gasteiger partial charge in [-0.05, 0) is 60.2 Å². The molecule has 0 radical (unpaired) electrons. The molecular formula is C29H30F2N4O3. The highest BCUT2D eigenvalue weighted by Crippen LogP contribution is 2.38. The van der Waals surface area contributed by atoms with Gasteiger partial charge < -0.3 is 19.7 Å². The number of methoxy groups -OCH3 is 2. The number of nitrogens with one attached hydrogen (secondary N) is 2. The number of anilines is 2. The molecule has 2 N–H and O–H groups in total. The molecule has 0 aliphatic carbocycles. The summed E-state index contributed by atoms with van der Waals surface area (Å²) in [4.78, 5) is 15.4. The van der Waals surface area contributed by atoms with E-state index in [4.69, 9.17) is 9.47 Å². The molecular weight excluding hydrogens is 490 g/mol. The van der Waals surface area contributed by atoms with Crippen LogP contribution in [0.2, 0.25) is 0 Å². The minimum atomic E-state index is -0.848. The number of piperidine rings is 1. The Hall–Kier alpha value is -4.14. The van der Waals surface area contributed by atoms with Crippen LogP contribution in [0.15, 0.2) is 48.5 Å². The number of aromatic nitrogens is 2. The smallest absolute Gasteiger partial charge is 0.276 e. The van der Waals surface area contributed by atoms with Gasteiger partial charge in [-0.2, -0.15) is 5.10 Å². The lowest BCUT2D eigenvalue weighted by Gasteiger charge is -2.36. The van der Waals surface area contributed by atoms with Gasteiger partial charge in [0, 0.05) is 35.9 Å². The van der Waals surface area contributed by atoms with Gasteiger partial charge >= 0.3 is 0 Å². The van der Waals surface area contributed by atoms with Crippen LogP contribution < -0.4 is 19.7 Å². The van der Waals surface area contributed by atoms with Crippen LogP contribution in [0, 0.1) is 23.5 Å². The van der Waals surface area contributed by atoms with Crippen molar-refractivity contribution in [1.82, 2.24) is 10.2 Å². The van der Waals surface area contributed by atoms with E-state index >= 15 is 0 Å². The van der Waals surface area contributed by atoms with Gasteiger partial charge in [-0.15, -0.1) is 0 Å². The van der Waals surface area contributed by atoms with Crippen molar-refractivity contribution in [2.75, 3.05) is 37.5 Å². The number of ether oxygens (including phenoxy) is 2. The minimum absolute atomic E-state index is 0.140. The van der Waals surface area contributed by atoms with Gasteiger partial charge in [0.05, 0.1) is 25.3 Å². The molecule has 4 aromatic rings. The van der Waals surface area contributed by atoms with E-state index in [1.165, 1.54) is 32.8 Å². The summed E-state index contributed by atoms with van der Waals surface area (Å²) >= 11 is 0. The summed E-state index contributed by atoms with van der Waals surface area (Å²) in [7, 11) is 2.59.